The highest BCUT2D eigenvalue weighted by atomic mass is 16.5. The van der Waals surface area contributed by atoms with Crippen LogP contribution in [0.25, 0.3) is 6.08 Å². The van der Waals surface area contributed by atoms with E-state index in [0.717, 1.165) is 0 Å². The summed E-state index contributed by atoms with van der Waals surface area (Å²) < 4.78 is 10.9. The first-order chi connectivity index (χ1) is 10.0. The third-order valence-corrected chi connectivity index (χ3v) is 2.66. The van der Waals surface area contributed by atoms with Gasteiger partial charge in [0, 0.05) is 7.05 Å². The maximum atomic E-state index is 11.5. The molecule has 1 amide bonds. The normalized spacial score (nSPS) is 11.0. The number of methoxy groups -OCH3 is 1. The van der Waals surface area contributed by atoms with Crippen molar-refractivity contribution in [3.8, 4) is 17.6 Å². The van der Waals surface area contributed by atoms with Crippen LogP contribution in [0.3, 0.4) is 0 Å². The van der Waals surface area contributed by atoms with Gasteiger partial charge in [0.25, 0.3) is 5.91 Å². The molecule has 112 valence electrons. The van der Waals surface area contributed by atoms with Gasteiger partial charge in [-0.1, -0.05) is 19.9 Å². The second-order valence-corrected chi connectivity index (χ2v) is 4.86. The molecule has 1 N–H and O–H groups in total. The number of nitriles is 1. The largest absolute Gasteiger partial charge is 0.493 e. The molecule has 0 unspecified atom stereocenters. The Morgan fingerprint density at radius 3 is 2.67 bits per heavy atom. The third kappa shape index (κ3) is 4.84. The van der Waals surface area contributed by atoms with Crippen LogP contribution in [0.4, 0.5) is 0 Å². The number of hydrogen-bond acceptors (Lipinski definition) is 4. The summed E-state index contributed by atoms with van der Waals surface area (Å²) in [6.45, 7) is 4.66. The van der Waals surface area contributed by atoms with Crippen LogP contribution in [0, 0.1) is 17.2 Å². The van der Waals surface area contributed by atoms with Crippen molar-refractivity contribution < 1.29 is 14.3 Å². The fourth-order valence-corrected chi connectivity index (χ4v) is 1.60. The van der Waals surface area contributed by atoms with Crippen molar-refractivity contribution in [1.82, 2.24) is 5.32 Å². The number of amides is 1. The van der Waals surface area contributed by atoms with Crippen LogP contribution in [0.5, 0.6) is 11.5 Å². The van der Waals surface area contributed by atoms with Crippen molar-refractivity contribution in [1.29, 1.82) is 5.26 Å². The Morgan fingerprint density at radius 1 is 1.43 bits per heavy atom. The van der Waals surface area contributed by atoms with Crippen molar-refractivity contribution in [2.75, 3.05) is 20.8 Å². The molecule has 0 saturated carbocycles. The van der Waals surface area contributed by atoms with Crippen LogP contribution in [-0.4, -0.2) is 26.7 Å². The number of carbonyl (C=O) groups excluding carboxylic acids is 1. The van der Waals surface area contributed by atoms with E-state index in [0.29, 0.717) is 29.6 Å². The van der Waals surface area contributed by atoms with E-state index in [2.05, 4.69) is 19.2 Å². The van der Waals surface area contributed by atoms with Crippen LogP contribution in [0.15, 0.2) is 23.8 Å². The highest BCUT2D eigenvalue weighted by Gasteiger charge is 2.09. The summed E-state index contributed by atoms with van der Waals surface area (Å²) in [4.78, 5) is 11.5. The lowest BCUT2D eigenvalue weighted by molar-refractivity contribution is -0.116. The predicted molar refractivity (Wildman–Crippen MR) is 81.0 cm³/mol. The van der Waals surface area contributed by atoms with Crippen molar-refractivity contribution in [3.63, 3.8) is 0 Å². The number of nitrogens with one attached hydrogen (secondary N) is 1. The Balaban J connectivity index is 3.10. The molecule has 0 aliphatic carbocycles. The minimum Gasteiger partial charge on any atom is -0.493 e. The van der Waals surface area contributed by atoms with Crippen LogP contribution in [0.2, 0.25) is 0 Å². The number of nitrogens with zero attached hydrogens (tertiary/aromatic N) is 1. The van der Waals surface area contributed by atoms with E-state index < -0.39 is 5.91 Å². The second-order valence-electron chi connectivity index (χ2n) is 4.86. The molecule has 0 spiro atoms. The van der Waals surface area contributed by atoms with E-state index in [1.807, 2.05) is 6.07 Å². The molecule has 5 nitrogen and oxygen atoms in total. The van der Waals surface area contributed by atoms with Gasteiger partial charge in [0.05, 0.1) is 13.7 Å². The zero-order chi connectivity index (χ0) is 15.8. The Bertz CT molecular complexity index is 571. The molecule has 1 aromatic carbocycles. The number of likely N-dealkylation sites (N-methyl/N-ethyl adjacent to an activating group) is 1. The second kappa shape index (κ2) is 7.95. The summed E-state index contributed by atoms with van der Waals surface area (Å²) in [5.74, 6) is 1.17. The minimum atomic E-state index is -0.419. The molecule has 0 atom stereocenters. The molecular formula is C16H20N2O3. The van der Waals surface area contributed by atoms with Crippen LogP contribution >= 0.6 is 0 Å². The quantitative estimate of drug-likeness (QED) is 0.644. The first-order valence-corrected chi connectivity index (χ1v) is 6.66. The van der Waals surface area contributed by atoms with Gasteiger partial charge in [0.1, 0.15) is 11.6 Å². The zero-order valence-corrected chi connectivity index (χ0v) is 12.8. The Hall–Kier alpha value is -2.48. The van der Waals surface area contributed by atoms with E-state index in [1.165, 1.54) is 13.1 Å². The molecule has 0 bridgehead atoms. The average molecular weight is 288 g/mol. The monoisotopic (exact) mass is 288 g/mol. The maximum absolute atomic E-state index is 11.5. The van der Waals surface area contributed by atoms with Gasteiger partial charge in [-0.25, -0.2) is 0 Å². The van der Waals surface area contributed by atoms with Gasteiger partial charge in [-0.15, -0.1) is 0 Å². The summed E-state index contributed by atoms with van der Waals surface area (Å²) in [6.07, 6.45) is 1.51. The molecule has 0 radical (unpaired) electrons. The number of benzene rings is 1. The van der Waals surface area contributed by atoms with Gasteiger partial charge >= 0.3 is 0 Å². The van der Waals surface area contributed by atoms with Gasteiger partial charge in [-0.05, 0) is 29.7 Å². The molecule has 0 saturated heterocycles. The van der Waals surface area contributed by atoms with Crippen LogP contribution in [-0.2, 0) is 4.79 Å². The highest BCUT2D eigenvalue weighted by molar-refractivity contribution is 6.01. The molecule has 21 heavy (non-hydrogen) atoms. The number of carbonyl (C=O) groups is 1. The minimum absolute atomic E-state index is 0.0393. The van der Waals surface area contributed by atoms with Gasteiger partial charge < -0.3 is 14.8 Å². The number of hydrogen-bond donors (Lipinski definition) is 1. The van der Waals surface area contributed by atoms with Gasteiger partial charge in [0.2, 0.25) is 0 Å². The Morgan fingerprint density at radius 2 is 2.14 bits per heavy atom. The fourth-order valence-electron chi connectivity index (χ4n) is 1.60. The topological polar surface area (TPSA) is 71.4 Å². The van der Waals surface area contributed by atoms with Crippen molar-refractivity contribution in [2.24, 2.45) is 5.92 Å². The molecule has 0 fully saturated rings. The van der Waals surface area contributed by atoms with E-state index in [-0.39, 0.29) is 5.57 Å². The summed E-state index contributed by atoms with van der Waals surface area (Å²) in [5, 5.41) is 11.4. The van der Waals surface area contributed by atoms with E-state index in [9.17, 15) is 4.79 Å². The first kappa shape index (κ1) is 16.6. The van der Waals surface area contributed by atoms with Crippen LogP contribution in [0.1, 0.15) is 19.4 Å². The molecule has 5 heteroatoms. The van der Waals surface area contributed by atoms with E-state index in [1.54, 1.807) is 25.3 Å². The lowest BCUT2D eigenvalue weighted by Gasteiger charge is -2.13. The summed E-state index contributed by atoms with van der Waals surface area (Å²) in [5.41, 5.74) is 0.743. The van der Waals surface area contributed by atoms with Crippen molar-refractivity contribution >= 4 is 12.0 Å². The molecular weight excluding hydrogens is 268 g/mol. The maximum Gasteiger partial charge on any atom is 0.261 e. The van der Waals surface area contributed by atoms with E-state index in [4.69, 9.17) is 14.7 Å². The first-order valence-electron chi connectivity index (χ1n) is 6.66. The zero-order valence-electron chi connectivity index (χ0n) is 12.8. The molecule has 1 aromatic rings. The van der Waals surface area contributed by atoms with Crippen molar-refractivity contribution in [3.05, 3.63) is 29.3 Å². The lowest BCUT2D eigenvalue weighted by atomic mass is 10.1. The van der Waals surface area contributed by atoms with Gasteiger partial charge in [-0.2, -0.15) is 5.26 Å². The molecule has 0 aliphatic heterocycles. The summed E-state index contributed by atoms with van der Waals surface area (Å²) in [7, 11) is 3.05. The average Bonchev–Trinajstić information content (AvgIpc) is 2.49. The standard InChI is InChI=1S/C16H20N2O3/c1-11(2)10-21-15-8-12(5-6-14(15)20-4)7-13(9-17)16(19)18-3/h5-8,11H,10H2,1-4H3,(H,18,19)/b13-7+. The van der Waals surface area contributed by atoms with E-state index >= 15 is 0 Å². The van der Waals surface area contributed by atoms with Gasteiger partial charge in [-0.3, -0.25) is 4.79 Å². The molecule has 0 heterocycles. The van der Waals surface area contributed by atoms with Gasteiger partial charge in [0.15, 0.2) is 11.5 Å². The Kier molecular flexibility index (Phi) is 6.28. The lowest BCUT2D eigenvalue weighted by Crippen LogP contribution is -2.19. The molecule has 0 aliphatic rings. The fraction of sp³-hybridized carbons (Fsp3) is 0.375. The predicted octanol–water partition coefficient (Wildman–Crippen LogP) is 2.38. The number of ether oxygens (including phenoxy) is 2. The summed E-state index contributed by atoms with van der Waals surface area (Å²) in [6, 6.07) is 7.14. The summed E-state index contributed by atoms with van der Waals surface area (Å²) >= 11 is 0. The Labute approximate surface area is 125 Å². The number of rotatable bonds is 6. The third-order valence-electron chi connectivity index (χ3n) is 2.66. The molecule has 1 rings (SSSR count). The van der Waals surface area contributed by atoms with Crippen molar-refractivity contribution in [2.45, 2.75) is 13.8 Å². The smallest absolute Gasteiger partial charge is 0.261 e. The highest BCUT2D eigenvalue weighted by Crippen LogP contribution is 2.29. The SMILES string of the molecule is CNC(=O)/C(C#N)=C/c1ccc(OC)c(OCC(C)C)c1. The van der Waals surface area contributed by atoms with Crippen LogP contribution < -0.4 is 14.8 Å². The molecule has 0 aromatic heterocycles.